The molecule has 2 heterocycles. The summed E-state index contributed by atoms with van der Waals surface area (Å²) in [7, 11) is 0. The maximum Gasteiger partial charge on any atom is 0.123 e. The Kier molecular flexibility index (Phi) is 6.49. The SMILES string of the molecule is Fc1ccc(C(CCCN2CCC(c3n[nH]c4ccccc34)CC2)c2ccc(F)cc2)cc1. The standard InChI is InChI=1S/C28H29F2N3/c29-23-11-7-20(8-12-23)25(21-9-13-24(30)14-10-21)5-3-17-33-18-15-22(16-19-33)28-26-4-1-2-6-27(26)31-32-28/h1-2,4,6-14,22,25H,3,5,15-19H2,(H,31,32). The van der Waals surface area contributed by atoms with Crippen LogP contribution in [-0.4, -0.2) is 34.7 Å². The van der Waals surface area contributed by atoms with Crippen LogP contribution in [0.3, 0.4) is 0 Å². The summed E-state index contributed by atoms with van der Waals surface area (Å²) >= 11 is 0. The van der Waals surface area contributed by atoms with Crippen molar-refractivity contribution in [3.63, 3.8) is 0 Å². The van der Waals surface area contributed by atoms with Gasteiger partial charge in [-0.2, -0.15) is 5.10 Å². The third kappa shape index (κ3) is 4.98. The zero-order valence-corrected chi connectivity index (χ0v) is 18.7. The van der Waals surface area contributed by atoms with E-state index in [0.29, 0.717) is 5.92 Å². The minimum Gasteiger partial charge on any atom is -0.303 e. The van der Waals surface area contributed by atoms with Crippen LogP contribution in [0.1, 0.15) is 54.3 Å². The van der Waals surface area contributed by atoms with Gasteiger partial charge in [0, 0.05) is 17.2 Å². The minimum absolute atomic E-state index is 0.138. The van der Waals surface area contributed by atoms with Crippen molar-refractivity contribution in [2.45, 2.75) is 37.5 Å². The van der Waals surface area contributed by atoms with Crippen LogP contribution < -0.4 is 0 Å². The highest BCUT2D eigenvalue weighted by Gasteiger charge is 2.24. The first kappa shape index (κ1) is 21.8. The van der Waals surface area contributed by atoms with Crippen molar-refractivity contribution in [3.05, 3.63) is 101 Å². The van der Waals surface area contributed by atoms with E-state index in [1.54, 1.807) is 0 Å². The number of aromatic amines is 1. The largest absolute Gasteiger partial charge is 0.303 e. The van der Waals surface area contributed by atoms with Crippen LogP contribution in [0.4, 0.5) is 8.78 Å². The summed E-state index contributed by atoms with van der Waals surface area (Å²) in [5.41, 5.74) is 4.47. The zero-order chi connectivity index (χ0) is 22.6. The molecule has 1 aliphatic rings. The Balaban J connectivity index is 1.19. The molecule has 33 heavy (non-hydrogen) atoms. The van der Waals surface area contributed by atoms with Crippen LogP contribution in [0.5, 0.6) is 0 Å². The number of fused-ring (bicyclic) bond motifs is 1. The molecule has 0 atom stereocenters. The van der Waals surface area contributed by atoms with E-state index in [1.807, 2.05) is 30.3 Å². The van der Waals surface area contributed by atoms with Crippen molar-refractivity contribution in [1.29, 1.82) is 0 Å². The molecule has 0 unspecified atom stereocenters. The highest BCUT2D eigenvalue weighted by molar-refractivity contribution is 5.81. The molecule has 0 aliphatic carbocycles. The van der Waals surface area contributed by atoms with E-state index in [2.05, 4.69) is 33.3 Å². The van der Waals surface area contributed by atoms with Gasteiger partial charge in [0.05, 0.1) is 11.2 Å². The molecule has 1 aliphatic heterocycles. The van der Waals surface area contributed by atoms with Gasteiger partial charge in [-0.05, 0) is 86.8 Å². The Hall–Kier alpha value is -3.05. The van der Waals surface area contributed by atoms with E-state index in [-0.39, 0.29) is 17.6 Å². The number of aromatic nitrogens is 2. The monoisotopic (exact) mass is 445 g/mol. The number of likely N-dealkylation sites (tertiary alicyclic amines) is 1. The highest BCUT2D eigenvalue weighted by atomic mass is 19.1. The van der Waals surface area contributed by atoms with Crippen molar-refractivity contribution < 1.29 is 8.78 Å². The number of hydrogen-bond donors (Lipinski definition) is 1. The van der Waals surface area contributed by atoms with Gasteiger partial charge in [-0.25, -0.2) is 8.78 Å². The molecule has 1 saturated heterocycles. The molecule has 0 saturated carbocycles. The molecule has 5 rings (SSSR count). The first-order valence-electron chi connectivity index (χ1n) is 11.8. The number of piperidine rings is 1. The third-order valence-corrected chi connectivity index (χ3v) is 6.99. The van der Waals surface area contributed by atoms with E-state index in [4.69, 9.17) is 0 Å². The smallest absolute Gasteiger partial charge is 0.123 e. The number of H-pyrrole nitrogens is 1. The quantitative estimate of drug-likeness (QED) is 0.346. The molecule has 3 nitrogen and oxygen atoms in total. The number of benzene rings is 3. The summed E-state index contributed by atoms with van der Waals surface area (Å²) in [5.74, 6) is 0.177. The molecule has 0 amide bonds. The molecule has 170 valence electrons. The van der Waals surface area contributed by atoms with Gasteiger partial charge in [-0.3, -0.25) is 5.10 Å². The zero-order valence-electron chi connectivity index (χ0n) is 18.7. The summed E-state index contributed by atoms with van der Waals surface area (Å²) < 4.78 is 26.9. The lowest BCUT2D eigenvalue weighted by Gasteiger charge is -2.31. The van der Waals surface area contributed by atoms with Crippen LogP contribution in [0.2, 0.25) is 0 Å². The number of nitrogens with zero attached hydrogens (tertiary/aromatic N) is 2. The van der Waals surface area contributed by atoms with Crippen LogP contribution in [-0.2, 0) is 0 Å². The Morgan fingerprint density at radius 2 is 1.45 bits per heavy atom. The van der Waals surface area contributed by atoms with Gasteiger partial charge >= 0.3 is 0 Å². The Morgan fingerprint density at radius 3 is 2.09 bits per heavy atom. The van der Waals surface area contributed by atoms with Crippen molar-refractivity contribution in [2.24, 2.45) is 0 Å². The van der Waals surface area contributed by atoms with E-state index in [0.717, 1.165) is 62.0 Å². The molecule has 1 fully saturated rings. The van der Waals surface area contributed by atoms with Crippen LogP contribution in [0.15, 0.2) is 72.8 Å². The fourth-order valence-electron chi connectivity index (χ4n) is 5.16. The molecule has 4 aromatic rings. The van der Waals surface area contributed by atoms with E-state index < -0.39 is 0 Å². The summed E-state index contributed by atoms with van der Waals surface area (Å²) in [6, 6.07) is 21.8. The molecule has 3 aromatic carbocycles. The van der Waals surface area contributed by atoms with Crippen molar-refractivity contribution in [1.82, 2.24) is 15.1 Å². The predicted molar refractivity (Wildman–Crippen MR) is 128 cm³/mol. The average Bonchev–Trinajstić information content (AvgIpc) is 3.28. The number of rotatable bonds is 7. The second-order valence-corrected chi connectivity index (χ2v) is 9.07. The maximum absolute atomic E-state index is 13.5. The van der Waals surface area contributed by atoms with E-state index in [1.165, 1.54) is 35.3 Å². The fraction of sp³-hybridized carbons (Fsp3) is 0.321. The third-order valence-electron chi connectivity index (χ3n) is 6.99. The van der Waals surface area contributed by atoms with Gasteiger partial charge in [0.25, 0.3) is 0 Å². The lowest BCUT2D eigenvalue weighted by atomic mass is 9.87. The molecule has 0 bridgehead atoms. The van der Waals surface area contributed by atoms with Gasteiger partial charge in [0.1, 0.15) is 11.6 Å². The Labute approximate surface area is 193 Å². The summed E-state index contributed by atoms with van der Waals surface area (Å²) in [4.78, 5) is 2.54. The second kappa shape index (κ2) is 9.84. The molecule has 1 N–H and O–H groups in total. The maximum atomic E-state index is 13.5. The van der Waals surface area contributed by atoms with Crippen molar-refractivity contribution >= 4 is 10.9 Å². The average molecular weight is 446 g/mol. The van der Waals surface area contributed by atoms with E-state index >= 15 is 0 Å². The van der Waals surface area contributed by atoms with Gasteiger partial charge in [-0.1, -0.05) is 42.5 Å². The number of para-hydroxylation sites is 1. The number of halogens is 2. The van der Waals surface area contributed by atoms with Crippen LogP contribution >= 0.6 is 0 Å². The van der Waals surface area contributed by atoms with Crippen LogP contribution in [0, 0.1) is 11.6 Å². The van der Waals surface area contributed by atoms with Gasteiger partial charge in [-0.15, -0.1) is 0 Å². The molecule has 1 aromatic heterocycles. The fourth-order valence-corrected chi connectivity index (χ4v) is 5.16. The Bertz CT molecular complexity index is 1130. The second-order valence-electron chi connectivity index (χ2n) is 9.07. The number of hydrogen-bond acceptors (Lipinski definition) is 2. The van der Waals surface area contributed by atoms with Gasteiger partial charge < -0.3 is 4.90 Å². The minimum atomic E-state index is -0.232. The molecular formula is C28H29F2N3. The lowest BCUT2D eigenvalue weighted by Crippen LogP contribution is -2.34. The Morgan fingerprint density at radius 1 is 0.848 bits per heavy atom. The first-order valence-corrected chi connectivity index (χ1v) is 11.8. The number of nitrogens with one attached hydrogen (secondary N) is 1. The van der Waals surface area contributed by atoms with E-state index in [9.17, 15) is 8.78 Å². The predicted octanol–water partition coefficient (Wildman–Crippen LogP) is 6.63. The molecule has 5 heteroatoms. The summed E-state index contributed by atoms with van der Waals surface area (Å²) in [6.07, 6.45) is 4.22. The van der Waals surface area contributed by atoms with Crippen molar-refractivity contribution in [2.75, 3.05) is 19.6 Å². The first-order chi connectivity index (χ1) is 16.2. The van der Waals surface area contributed by atoms with Gasteiger partial charge in [0.2, 0.25) is 0 Å². The lowest BCUT2D eigenvalue weighted by molar-refractivity contribution is 0.207. The topological polar surface area (TPSA) is 31.9 Å². The summed E-state index contributed by atoms with van der Waals surface area (Å²) in [5, 5.41) is 9.03. The molecular weight excluding hydrogens is 416 g/mol. The molecule has 0 radical (unpaired) electrons. The van der Waals surface area contributed by atoms with Crippen molar-refractivity contribution in [3.8, 4) is 0 Å². The highest BCUT2D eigenvalue weighted by Crippen LogP contribution is 2.33. The van der Waals surface area contributed by atoms with Crippen LogP contribution in [0.25, 0.3) is 10.9 Å². The van der Waals surface area contributed by atoms with Gasteiger partial charge in [0.15, 0.2) is 0 Å². The normalized spacial score (nSPS) is 15.5. The summed E-state index contributed by atoms with van der Waals surface area (Å²) in [6.45, 7) is 3.18. The molecule has 0 spiro atoms.